The van der Waals surface area contributed by atoms with E-state index in [1.807, 2.05) is 44.2 Å². The van der Waals surface area contributed by atoms with Gasteiger partial charge < -0.3 is 25.5 Å². The highest BCUT2D eigenvalue weighted by Crippen LogP contribution is 2.29. The van der Waals surface area contributed by atoms with E-state index >= 15 is 0 Å². The molecule has 0 aromatic heterocycles. The molecule has 0 aliphatic carbocycles. The lowest BCUT2D eigenvalue weighted by Crippen LogP contribution is -2.60. The van der Waals surface area contributed by atoms with Crippen LogP contribution < -0.4 is 10.6 Å². The van der Waals surface area contributed by atoms with Crippen LogP contribution in [-0.4, -0.2) is 96.1 Å². The van der Waals surface area contributed by atoms with E-state index in [1.54, 1.807) is 21.1 Å². The van der Waals surface area contributed by atoms with Crippen LogP contribution in [0.25, 0.3) is 0 Å². The number of carbonyl (C=O) groups excluding carboxylic acids is 3. The summed E-state index contributed by atoms with van der Waals surface area (Å²) in [7, 11) is 7.99. The normalized spacial score (nSPS) is 21.2. The highest BCUT2D eigenvalue weighted by Gasteiger charge is 2.38. The molecule has 8 nitrogen and oxygen atoms in total. The molecule has 2 rings (SSSR count). The second-order valence-corrected chi connectivity index (χ2v) is 11.1. The Morgan fingerprint density at radius 1 is 1.21 bits per heavy atom. The predicted octanol–water partition coefficient (Wildman–Crippen LogP) is 0.999. The molecule has 3 amide bonds. The molecule has 1 fully saturated rings. The molecule has 1 heterocycles. The van der Waals surface area contributed by atoms with E-state index in [0.717, 1.165) is 5.56 Å². The Bertz CT molecular complexity index is 796. The van der Waals surface area contributed by atoms with Crippen LogP contribution in [0.5, 0.6) is 0 Å². The van der Waals surface area contributed by atoms with Gasteiger partial charge in [-0.3, -0.25) is 14.4 Å². The summed E-state index contributed by atoms with van der Waals surface area (Å²) in [6, 6.07) is 7.43. The van der Waals surface area contributed by atoms with Crippen LogP contribution in [0.1, 0.15) is 19.4 Å². The van der Waals surface area contributed by atoms with Crippen LogP contribution in [0, 0.1) is 5.92 Å². The number of nitrogens with zero attached hydrogens (tertiary/aromatic N) is 2. The number of carbonyl (C=O) groups is 3. The van der Waals surface area contributed by atoms with Gasteiger partial charge in [0.15, 0.2) is 0 Å². The van der Waals surface area contributed by atoms with Crippen molar-refractivity contribution in [1.82, 2.24) is 20.4 Å². The van der Waals surface area contributed by atoms with Crippen molar-refractivity contribution in [3.63, 3.8) is 0 Å². The van der Waals surface area contributed by atoms with Crippen LogP contribution in [-0.2, 0) is 20.8 Å². The lowest BCUT2D eigenvalue weighted by molar-refractivity contribution is -0.147. The first-order valence-electron chi connectivity index (χ1n) is 11.1. The third kappa shape index (κ3) is 7.37. The zero-order chi connectivity index (χ0) is 24.5. The molecule has 0 radical (unpaired) electrons. The van der Waals surface area contributed by atoms with Crippen molar-refractivity contribution in [1.29, 1.82) is 0 Å². The van der Waals surface area contributed by atoms with Crippen molar-refractivity contribution < 1.29 is 19.5 Å². The fraction of sp³-hybridized carbons (Fsp3) is 0.609. The van der Waals surface area contributed by atoms with Crippen LogP contribution in [0.3, 0.4) is 0 Å². The Hall–Kier alpha value is -1.75. The van der Waals surface area contributed by atoms with Crippen molar-refractivity contribution in [3.8, 4) is 0 Å². The Morgan fingerprint density at radius 2 is 1.85 bits per heavy atom. The lowest BCUT2D eigenvalue weighted by Gasteiger charge is -2.37. The molecular formula is C23H36N4O4S2. The van der Waals surface area contributed by atoms with Gasteiger partial charge in [0.05, 0.1) is 18.7 Å². The molecule has 0 saturated carbocycles. The molecule has 1 saturated heterocycles. The fourth-order valence-corrected chi connectivity index (χ4v) is 6.34. The molecule has 0 spiro atoms. The SMILES string of the molecule is CN[C@H](C(=O)N(C)[C@@H]1CSSC[C@@H](C(=O)N[C@H](CO)Cc2ccccc2)N(C)C1=O)C(C)C. The van der Waals surface area contributed by atoms with Gasteiger partial charge in [-0.25, -0.2) is 0 Å². The smallest absolute Gasteiger partial charge is 0.246 e. The van der Waals surface area contributed by atoms with Crippen LogP contribution >= 0.6 is 21.6 Å². The monoisotopic (exact) mass is 496 g/mol. The molecule has 10 heteroatoms. The van der Waals surface area contributed by atoms with Crippen LogP contribution in [0.4, 0.5) is 0 Å². The second kappa shape index (κ2) is 13.2. The number of likely N-dealkylation sites (N-methyl/N-ethyl adjacent to an activating group) is 3. The highest BCUT2D eigenvalue weighted by molar-refractivity contribution is 8.76. The third-order valence-corrected chi connectivity index (χ3v) is 8.28. The number of amides is 3. The standard InChI is InChI=1S/C23H36N4O4S2/c1-15(2)20(24-3)23(31)27(5)19-14-33-32-13-18(26(4)22(19)30)21(29)25-17(12-28)11-16-9-7-6-8-10-16/h6-10,15,17-20,24,28H,11-14H2,1-5H3,(H,25,29)/t17-,18-,19+,20-/m0/s1. The van der Waals surface area contributed by atoms with Crippen molar-refractivity contribution in [2.24, 2.45) is 5.92 Å². The Labute approximate surface area is 204 Å². The Balaban J connectivity index is 2.11. The predicted molar refractivity (Wildman–Crippen MR) is 135 cm³/mol. The molecule has 1 aromatic carbocycles. The number of aliphatic hydroxyl groups excluding tert-OH is 1. The molecule has 33 heavy (non-hydrogen) atoms. The molecule has 1 aliphatic rings. The van der Waals surface area contributed by atoms with Gasteiger partial charge in [-0.05, 0) is 24.9 Å². The number of rotatable bonds is 9. The fourth-order valence-electron chi connectivity index (χ4n) is 3.80. The van der Waals surface area contributed by atoms with E-state index in [0.29, 0.717) is 17.9 Å². The van der Waals surface area contributed by atoms with Gasteiger partial charge in [-0.15, -0.1) is 0 Å². The van der Waals surface area contributed by atoms with E-state index in [1.165, 1.54) is 31.4 Å². The summed E-state index contributed by atoms with van der Waals surface area (Å²) < 4.78 is 0. The third-order valence-electron chi connectivity index (χ3n) is 5.89. The summed E-state index contributed by atoms with van der Waals surface area (Å²) in [6.45, 7) is 3.71. The maximum Gasteiger partial charge on any atom is 0.246 e. The first kappa shape index (κ1) is 27.5. The molecule has 4 atom stereocenters. The van der Waals surface area contributed by atoms with E-state index in [2.05, 4.69) is 10.6 Å². The summed E-state index contributed by atoms with van der Waals surface area (Å²) in [5.41, 5.74) is 1.01. The van der Waals surface area contributed by atoms with Gasteiger partial charge in [0.2, 0.25) is 17.7 Å². The summed E-state index contributed by atoms with van der Waals surface area (Å²) in [5.74, 6) is 0.241. The largest absolute Gasteiger partial charge is 0.394 e. The molecule has 0 bridgehead atoms. The second-order valence-electron chi connectivity index (χ2n) is 8.59. The molecular weight excluding hydrogens is 460 g/mol. The summed E-state index contributed by atoms with van der Waals surface area (Å²) in [4.78, 5) is 42.4. The molecule has 1 aliphatic heterocycles. The van der Waals surface area contributed by atoms with E-state index in [9.17, 15) is 19.5 Å². The average molecular weight is 497 g/mol. The minimum Gasteiger partial charge on any atom is -0.394 e. The van der Waals surface area contributed by atoms with Gasteiger partial charge in [0.25, 0.3) is 0 Å². The Kier molecular flexibility index (Phi) is 11.0. The van der Waals surface area contributed by atoms with Gasteiger partial charge in [0.1, 0.15) is 12.1 Å². The first-order valence-corrected chi connectivity index (χ1v) is 13.6. The zero-order valence-corrected chi connectivity index (χ0v) is 21.6. The number of aliphatic hydroxyl groups is 1. The average Bonchev–Trinajstić information content (AvgIpc) is 2.79. The van der Waals surface area contributed by atoms with Gasteiger partial charge in [-0.2, -0.15) is 0 Å². The van der Waals surface area contributed by atoms with Crippen molar-refractivity contribution in [2.75, 3.05) is 39.3 Å². The molecule has 0 unspecified atom stereocenters. The zero-order valence-electron chi connectivity index (χ0n) is 20.0. The van der Waals surface area contributed by atoms with E-state index < -0.39 is 24.2 Å². The van der Waals surface area contributed by atoms with Crippen molar-refractivity contribution in [3.05, 3.63) is 35.9 Å². The van der Waals surface area contributed by atoms with Gasteiger partial charge >= 0.3 is 0 Å². The number of nitrogens with one attached hydrogen (secondary N) is 2. The summed E-state index contributed by atoms with van der Waals surface area (Å²) >= 11 is 0. The van der Waals surface area contributed by atoms with Crippen LogP contribution in [0.15, 0.2) is 30.3 Å². The number of hydrogen-bond donors (Lipinski definition) is 3. The van der Waals surface area contributed by atoms with Gasteiger partial charge in [-0.1, -0.05) is 65.8 Å². The number of benzene rings is 1. The minimum atomic E-state index is -0.698. The molecule has 184 valence electrons. The lowest BCUT2D eigenvalue weighted by atomic mass is 10.0. The quantitative estimate of drug-likeness (QED) is 0.439. The molecule has 3 N–H and O–H groups in total. The van der Waals surface area contributed by atoms with Crippen molar-refractivity contribution in [2.45, 2.75) is 44.4 Å². The van der Waals surface area contributed by atoms with E-state index in [-0.39, 0.29) is 30.2 Å². The number of hydrogen-bond acceptors (Lipinski definition) is 7. The summed E-state index contributed by atoms with van der Waals surface area (Å²) in [5, 5.41) is 15.7. The minimum absolute atomic E-state index is 0.0759. The van der Waals surface area contributed by atoms with Crippen molar-refractivity contribution >= 4 is 39.3 Å². The summed E-state index contributed by atoms with van der Waals surface area (Å²) in [6.07, 6.45) is 0.496. The molecule has 1 aromatic rings. The van der Waals surface area contributed by atoms with E-state index in [4.69, 9.17) is 0 Å². The topological polar surface area (TPSA) is 102 Å². The maximum absolute atomic E-state index is 13.3. The first-order chi connectivity index (χ1) is 15.7. The van der Waals surface area contributed by atoms with Crippen LogP contribution in [0.2, 0.25) is 0 Å². The van der Waals surface area contributed by atoms with Gasteiger partial charge in [0, 0.05) is 25.6 Å². The highest BCUT2D eigenvalue weighted by atomic mass is 33.1. The maximum atomic E-state index is 13.3. The Morgan fingerprint density at radius 3 is 2.42 bits per heavy atom.